The van der Waals surface area contributed by atoms with Gasteiger partial charge in [0.15, 0.2) is 0 Å². The van der Waals surface area contributed by atoms with Crippen LogP contribution >= 0.6 is 0 Å². The standard InChI is InChI=1S/C20H29NO2Si/c1-20(2,3)23-19(22)21-14-17(18(15-21)24(4,5)6)13-12-16-10-8-7-9-11-16/h10,14-15H,7-9,11H2,1-6H3. The normalized spacial score (nSPS) is 15.3. The number of ether oxygens (including phenoxy) is 1. The molecule has 3 nitrogen and oxygen atoms in total. The Hall–Kier alpha value is -1.73. The molecular formula is C20H29NO2Si. The zero-order valence-electron chi connectivity index (χ0n) is 15.8. The van der Waals surface area contributed by atoms with Gasteiger partial charge in [-0.1, -0.05) is 37.6 Å². The predicted octanol–water partition coefficient (Wildman–Crippen LogP) is 4.67. The molecule has 0 amide bonds. The van der Waals surface area contributed by atoms with E-state index in [1.54, 1.807) is 4.57 Å². The summed E-state index contributed by atoms with van der Waals surface area (Å²) in [5.74, 6) is 6.63. The Labute approximate surface area is 147 Å². The van der Waals surface area contributed by atoms with Crippen molar-refractivity contribution in [2.24, 2.45) is 0 Å². The molecule has 4 heteroatoms. The average Bonchev–Trinajstić information content (AvgIpc) is 2.89. The van der Waals surface area contributed by atoms with Gasteiger partial charge in [-0.15, -0.1) is 0 Å². The minimum Gasteiger partial charge on any atom is -0.443 e. The molecular weight excluding hydrogens is 314 g/mol. The number of allylic oxidation sites excluding steroid dienone is 2. The first-order valence-corrected chi connectivity index (χ1v) is 12.2. The van der Waals surface area contributed by atoms with Crippen LogP contribution in [0, 0.1) is 11.8 Å². The molecule has 0 saturated heterocycles. The van der Waals surface area contributed by atoms with Gasteiger partial charge in [0.1, 0.15) is 5.60 Å². The SMILES string of the molecule is CC(C)(C)OC(=O)n1cc(C#CC2=CCCCC2)c([Si](C)(C)C)c1. The molecule has 0 N–H and O–H groups in total. The molecule has 1 aromatic rings. The Bertz CT molecular complexity index is 703. The Morgan fingerprint density at radius 1 is 1.17 bits per heavy atom. The van der Waals surface area contributed by atoms with Crippen LogP contribution in [0.4, 0.5) is 4.79 Å². The molecule has 0 saturated carbocycles. The molecule has 0 unspecified atom stereocenters. The monoisotopic (exact) mass is 343 g/mol. The quantitative estimate of drug-likeness (QED) is 0.548. The highest BCUT2D eigenvalue weighted by Crippen LogP contribution is 2.17. The second-order valence-electron chi connectivity index (χ2n) is 8.45. The number of hydrogen-bond acceptors (Lipinski definition) is 2. The minimum absolute atomic E-state index is 0.341. The van der Waals surface area contributed by atoms with Crippen LogP contribution in [-0.4, -0.2) is 24.3 Å². The second-order valence-corrected chi connectivity index (χ2v) is 13.5. The van der Waals surface area contributed by atoms with Crippen molar-refractivity contribution in [2.75, 3.05) is 0 Å². The van der Waals surface area contributed by atoms with Crippen LogP contribution in [0.3, 0.4) is 0 Å². The number of aromatic nitrogens is 1. The molecule has 130 valence electrons. The number of hydrogen-bond donors (Lipinski definition) is 0. The van der Waals surface area contributed by atoms with Crippen LogP contribution in [0.25, 0.3) is 0 Å². The topological polar surface area (TPSA) is 31.2 Å². The maximum atomic E-state index is 12.4. The van der Waals surface area contributed by atoms with E-state index in [4.69, 9.17) is 4.74 Å². The van der Waals surface area contributed by atoms with E-state index in [0.29, 0.717) is 0 Å². The van der Waals surface area contributed by atoms with Crippen LogP contribution < -0.4 is 5.19 Å². The molecule has 24 heavy (non-hydrogen) atoms. The van der Waals surface area contributed by atoms with Gasteiger partial charge in [0, 0.05) is 18.0 Å². The molecule has 1 aromatic heterocycles. The molecule has 1 aliphatic carbocycles. The van der Waals surface area contributed by atoms with Crippen molar-refractivity contribution in [2.45, 2.75) is 71.7 Å². The van der Waals surface area contributed by atoms with Gasteiger partial charge in [-0.3, -0.25) is 4.57 Å². The van der Waals surface area contributed by atoms with Crippen molar-refractivity contribution in [3.05, 3.63) is 29.6 Å². The second kappa shape index (κ2) is 7.02. The summed E-state index contributed by atoms with van der Waals surface area (Å²) in [5, 5.41) is 1.21. The largest absolute Gasteiger partial charge is 0.443 e. The summed E-state index contributed by atoms with van der Waals surface area (Å²) in [4.78, 5) is 12.4. The summed E-state index contributed by atoms with van der Waals surface area (Å²) in [6.07, 6.45) is 10.3. The van der Waals surface area contributed by atoms with Crippen molar-refractivity contribution in [1.82, 2.24) is 4.57 Å². The van der Waals surface area contributed by atoms with Gasteiger partial charge >= 0.3 is 6.09 Å². The molecule has 0 aromatic carbocycles. The maximum absolute atomic E-state index is 12.4. The molecule has 0 spiro atoms. The van der Waals surface area contributed by atoms with Gasteiger partial charge < -0.3 is 4.74 Å². The van der Waals surface area contributed by atoms with Gasteiger partial charge in [0.25, 0.3) is 0 Å². The molecule has 0 fully saturated rings. The molecule has 0 atom stereocenters. The third kappa shape index (κ3) is 5.14. The highest BCUT2D eigenvalue weighted by Gasteiger charge is 2.25. The van der Waals surface area contributed by atoms with Crippen LogP contribution in [0.5, 0.6) is 0 Å². The summed E-state index contributed by atoms with van der Waals surface area (Å²) in [6, 6.07) is 0. The van der Waals surface area contributed by atoms with E-state index in [0.717, 1.165) is 18.4 Å². The van der Waals surface area contributed by atoms with Crippen molar-refractivity contribution >= 4 is 19.4 Å². The molecule has 0 aliphatic heterocycles. The summed E-state index contributed by atoms with van der Waals surface area (Å²) >= 11 is 0. The van der Waals surface area contributed by atoms with E-state index in [-0.39, 0.29) is 6.09 Å². The van der Waals surface area contributed by atoms with Gasteiger partial charge in [-0.2, -0.15) is 0 Å². The van der Waals surface area contributed by atoms with E-state index < -0.39 is 13.7 Å². The zero-order chi connectivity index (χ0) is 18.0. The van der Waals surface area contributed by atoms with E-state index in [9.17, 15) is 4.79 Å². The summed E-state index contributed by atoms with van der Waals surface area (Å²) in [5.41, 5.74) is 1.69. The highest BCUT2D eigenvalue weighted by atomic mass is 28.3. The van der Waals surface area contributed by atoms with Crippen LogP contribution in [0.15, 0.2) is 24.0 Å². The lowest BCUT2D eigenvalue weighted by Gasteiger charge is -2.19. The molecule has 2 rings (SSSR count). The van der Waals surface area contributed by atoms with Gasteiger partial charge in [-0.25, -0.2) is 4.79 Å². The maximum Gasteiger partial charge on any atom is 0.418 e. The number of carbonyl (C=O) groups is 1. The first kappa shape index (κ1) is 18.6. The fourth-order valence-corrected chi connectivity index (χ4v) is 4.13. The third-order valence-corrected chi connectivity index (χ3v) is 5.90. The van der Waals surface area contributed by atoms with Crippen LogP contribution in [0.1, 0.15) is 52.0 Å². The van der Waals surface area contributed by atoms with E-state index in [2.05, 4.69) is 37.6 Å². The zero-order valence-corrected chi connectivity index (χ0v) is 16.8. The Morgan fingerprint density at radius 2 is 1.88 bits per heavy atom. The van der Waals surface area contributed by atoms with Crippen LogP contribution in [-0.2, 0) is 4.74 Å². The lowest BCUT2D eigenvalue weighted by Crippen LogP contribution is -2.38. The predicted molar refractivity (Wildman–Crippen MR) is 102 cm³/mol. The molecule has 1 aliphatic rings. The molecule has 0 bridgehead atoms. The van der Waals surface area contributed by atoms with Gasteiger partial charge in [0.2, 0.25) is 0 Å². The lowest BCUT2D eigenvalue weighted by molar-refractivity contribution is 0.0537. The van der Waals surface area contributed by atoms with Gasteiger partial charge in [0.05, 0.1) is 8.07 Å². The van der Waals surface area contributed by atoms with Crippen molar-refractivity contribution in [3.63, 3.8) is 0 Å². The van der Waals surface area contributed by atoms with Crippen molar-refractivity contribution in [1.29, 1.82) is 0 Å². The Balaban J connectivity index is 2.34. The molecule has 1 heterocycles. The Morgan fingerprint density at radius 3 is 2.42 bits per heavy atom. The van der Waals surface area contributed by atoms with Gasteiger partial charge in [-0.05, 0) is 57.2 Å². The first-order chi connectivity index (χ1) is 11.1. The lowest BCUT2D eigenvalue weighted by atomic mass is 10.00. The fourth-order valence-electron chi connectivity index (χ4n) is 2.67. The minimum atomic E-state index is -1.60. The Kier molecular flexibility index (Phi) is 5.44. The van der Waals surface area contributed by atoms with E-state index >= 15 is 0 Å². The average molecular weight is 344 g/mol. The number of rotatable bonds is 1. The number of carbonyl (C=O) groups excluding carboxylic acids is 1. The summed E-state index contributed by atoms with van der Waals surface area (Å²) in [7, 11) is -1.60. The third-order valence-electron chi connectivity index (χ3n) is 3.89. The number of nitrogens with zero attached hydrogens (tertiary/aromatic N) is 1. The molecule has 0 radical (unpaired) electrons. The summed E-state index contributed by atoms with van der Waals surface area (Å²) < 4.78 is 7.03. The van der Waals surface area contributed by atoms with E-state index in [1.165, 1.54) is 23.6 Å². The van der Waals surface area contributed by atoms with E-state index in [1.807, 2.05) is 33.2 Å². The van der Waals surface area contributed by atoms with Crippen molar-refractivity contribution in [3.8, 4) is 11.8 Å². The van der Waals surface area contributed by atoms with Crippen LogP contribution in [0.2, 0.25) is 19.6 Å². The summed E-state index contributed by atoms with van der Waals surface area (Å²) in [6.45, 7) is 12.4. The fraction of sp³-hybridized carbons (Fsp3) is 0.550. The first-order valence-electron chi connectivity index (χ1n) is 8.73. The highest BCUT2D eigenvalue weighted by molar-refractivity contribution is 6.89. The van der Waals surface area contributed by atoms with Crippen molar-refractivity contribution < 1.29 is 9.53 Å². The smallest absolute Gasteiger partial charge is 0.418 e.